The molecule has 0 radical (unpaired) electrons. The fourth-order valence-corrected chi connectivity index (χ4v) is 3.14. The summed E-state index contributed by atoms with van der Waals surface area (Å²) < 4.78 is 5.45. The zero-order valence-corrected chi connectivity index (χ0v) is 18.3. The Morgan fingerprint density at radius 2 is 2.00 bits per heavy atom. The van der Waals surface area contributed by atoms with Crippen LogP contribution in [0.2, 0.25) is 0 Å². The number of carbonyl (C=O) groups excluding carboxylic acids is 2. The van der Waals surface area contributed by atoms with E-state index in [2.05, 4.69) is 9.97 Å². The van der Waals surface area contributed by atoms with Gasteiger partial charge < -0.3 is 24.5 Å². The molecule has 1 unspecified atom stereocenters. The quantitative estimate of drug-likeness (QED) is 0.632. The van der Waals surface area contributed by atoms with Crippen LogP contribution in [0.1, 0.15) is 22.3 Å². The number of carbonyl (C=O) groups is 3. The Morgan fingerprint density at radius 3 is 2.66 bits per heavy atom. The highest BCUT2D eigenvalue weighted by Gasteiger charge is 2.39. The Morgan fingerprint density at radius 1 is 1.25 bits per heavy atom. The molecule has 1 atom stereocenters. The highest BCUT2D eigenvalue weighted by Crippen LogP contribution is 2.34. The summed E-state index contributed by atoms with van der Waals surface area (Å²) >= 11 is 0. The van der Waals surface area contributed by atoms with Gasteiger partial charge in [-0.1, -0.05) is 6.07 Å². The highest BCUT2D eigenvalue weighted by molar-refractivity contribution is 6.00. The molecule has 0 aliphatic carbocycles. The molecule has 32 heavy (non-hydrogen) atoms. The topological polar surface area (TPSA) is 125 Å². The summed E-state index contributed by atoms with van der Waals surface area (Å²) in [5, 5.41) is 10.1. The van der Waals surface area contributed by atoms with E-state index < -0.39 is 24.4 Å². The van der Waals surface area contributed by atoms with E-state index in [1.807, 2.05) is 19.0 Å². The molecule has 0 spiro atoms. The number of nitrogens with zero attached hydrogens (tertiary/aromatic N) is 5. The number of amides is 2. The number of anilines is 1. The minimum Gasteiger partial charge on any atom is -0.481 e. The van der Waals surface area contributed by atoms with Crippen molar-refractivity contribution in [1.29, 1.82) is 0 Å². The number of hydrogen-bond acceptors (Lipinski definition) is 8. The van der Waals surface area contributed by atoms with E-state index in [0.29, 0.717) is 29.8 Å². The normalized spacial score (nSPS) is 15.2. The number of benzene rings is 1. The minimum absolute atomic E-state index is 0.0289. The number of hydroxylamine groups is 1. The number of likely N-dealkylation sites (N-methyl/N-ethyl adjacent to an activating group) is 1. The fourth-order valence-electron chi connectivity index (χ4n) is 3.14. The SMILES string of the molecule is CN(C)CCc1c(ON2C(=O)C(CC(=O)O)Oc3ncncc32)cccc1C(=O)N(C)C. The second kappa shape index (κ2) is 9.60. The van der Waals surface area contributed by atoms with Crippen LogP contribution in [-0.2, 0) is 16.0 Å². The van der Waals surface area contributed by atoms with Crippen LogP contribution in [-0.4, -0.2) is 83.5 Å². The van der Waals surface area contributed by atoms with Crippen molar-refractivity contribution in [3.05, 3.63) is 41.9 Å². The van der Waals surface area contributed by atoms with Crippen molar-refractivity contribution in [2.24, 2.45) is 0 Å². The van der Waals surface area contributed by atoms with Crippen LogP contribution >= 0.6 is 0 Å². The zero-order chi connectivity index (χ0) is 23.4. The summed E-state index contributed by atoms with van der Waals surface area (Å²) in [6.45, 7) is 0.631. The van der Waals surface area contributed by atoms with Gasteiger partial charge in [0.15, 0.2) is 17.5 Å². The molecule has 0 saturated carbocycles. The molecule has 1 aliphatic heterocycles. The molecule has 1 N–H and O–H groups in total. The van der Waals surface area contributed by atoms with Crippen LogP contribution in [0.25, 0.3) is 0 Å². The molecule has 1 aliphatic rings. The number of carboxylic acid groups (broad SMARTS) is 1. The lowest BCUT2D eigenvalue weighted by Crippen LogP contribution is -2.49. The van der Waals surface area contributed by atoms with E-state index in [1.54, 1.807) is 32.3 Å². The number of hydrogen-bond donors (Lipinski definition) is 1. The van der Waals surface area contributed by atoms with Gasteiger partial charge in [-0.3, -0.25) is 14.4 Å². The summed E-state index contributed by atoms with van der Waals surface area (Å²) in [6, 6.07) is 5.01. The summed E-state index contributed by atoms with van der Waals surface area (Å²) in [5.41, 5.74) is 1.20. The summed E-state index contributed by atoms with van der Waals surface area (Å²) in [5.74, 6) is -1.80. The van der Waals surface area contributed by atoms with Gasteiger partial charge in [-0.15, -0.1) is 5.06 Å². The predicted octanol–water partition coefficient (Wildman–Crippen LogP) is 0.845. The smallest absolute Gasteiger partial charge is 0.307 e. The van der Waals surface area contributed by atoms with Crippen molar-refractivity contribution in [1.82, 2.24) is 19.8 Å². The molecule has 2 aromatic rings. The van der Waals surface area contributed by atoms with Gasteiger partial charge >= 0.3 is 11.9 Å². The van der Waals surface area contributed by atoms with Crippen LogP contribution < -0.4 is 14.6 Å². The molecule has 0 bridgehead atoms. The minimum atomic E-state index is -1.31. The summed E-state index contributed by atoms with van der Waals surface area (Å²) in [7, 11) is 7.13. The molecule has 170 valence electrons. The molecule has 11 heteroatoms. The van der Waals surface area contributed by atoms with E-state index in [4.69, 9.17) is 14.7 Å². The third-order valence-corrected chi connectivity index (χ3v) is 4.73. The van der Waals surface area contributed by atoms with Crippen molar-refractivity contribution in [2.75, 3.05) is 39.8 Å². The van der Waals surface area contributed by atoms with Gasteiger partial charge in [0.2, 0.25) is 5.88 Å². The molecule has 2 amide bonds. The maximum absolute atomic E-state index is 13.0. The Bertz CT molecular complexity index is 1030. The van der Waals surface area contributed by atoms with Gasteiger partial charge in [0.1, 0.15) is 6.33 Å². The van der Waals surface area contributed by atoms with Crippen LogP contribution in [0, 0.1) is 0 Å². The predicted molar refractivity (Wildman–Crippen MR) is 114 cm³/mol. The van der Waals surface area contributed by atoms with Gasteiger partial charge in [0, 0.05) is 31.8 Å². The first-order valence-electron chi connectivity index (χ1n) is 9.87. The molecular formula is C21H25N5O6. The maximum atomic E-state index is 13.0. The Hall–Kier alpha value is -3.73. The van der Waals surface area contributed by atoms with E-state index in [1.165, 1.54) is 17.4 Å². The van der Waals surface area contributed by atoms with Crippen molar-refractivity contribution in [3.8, 4) is 11.6 Å². The van der Waals surface area contributed by atoms with Crippen molar-refractivity contribution >= 4 is 23.5 Å². The number of fused-ring (bicyclic) bond motifs is 1. The monoisotopic (exact) mass is 443 g/mol. The number of ether oxygens (including phenoxy) is 1. The molecule has 1 aromatic carbocycles. The van der Waals surface area contributed by atoms with E-state index in [9.17, 15) is 14.4 Å². The van der Waals surface area contributed by atoms with Crippen LogP contribution in [0.4, 0.5) is 5.69 Å². The van der Waals surface area contributed by atoms with E-state index in [-0.39, 0.29) is 17.5 Å². The molecule has 2 heterocycles. The second-order valence-electron chi connectivity index (χ2n) is 7.68. The number of rotatable bonds is 8. The Kier molecular flexibility index (Phi) is 6.89. The van der Waals surface area contributed by atoms with Crippen LogP contribution in [0.5, 0.6) is 11.6 Å². The standard InChI is InChI=1S/C21H25N5O6/c1-24(2)9-8-13-14(20(29)25(3)4)6-5-7-16(13)32-26-15-11-22-12-23-19(15)31-17(21(26)30)10-18(27)28/h5-7,11-12,17H,8-10H2,1-4H3,(H,27,28). The van der Waals surface area contributed by atoms with Gasteiger partial charge in [0.25, 0.3) is 5.91 Å². The lowest BCUT2D eigenvalue weighted by Gasteiger charge is -2.32. The average molecular weight is 443 g/mol. The number of aromatic nitrogens is 2. The van der Waals surface area contributed by atoms with E-state index >= 15 is 0 Å². The van der Waals surface area contributed by atoms with Crippen LogP contribution in [0.3, 0.4) is 0 Å². The van der Waals surface area contributed by atoms with Gasteiger partial charge in [0.05, 0.1) is 12.6 Å². The Balaban J connectivity index is 2.04. The highest BCUT2D eigenvalue weighted by atomic mass is 16.7. The maximum Gasteiger partial charge on any atom is 0.307 e. The molecule has 0 fully saturated rings. The van der Waals surface area contributed by atoms with Crippen molar-refractivity contribution in [2.45, 2.75) is 18.9 Å². The average Bonchev–Trinajstić information content (AvgIpc) is 2.74. The first kappa shape index (κ1) is 22.9. The third-order valence-electron chi connectivity index (χ3n) is 4.73. The molecule has 0 saturated heterocycles. The van der Waals surface area contributed by atoms with Gasteiger partial charge in [-0.05, 0) is 32.6 Å². The zero-order valence-electron chi connectivity index (χ0n) is 18.3. The number of aliphatic carboxylic acids is 1. The number of carboxylic acids is 1. The van der Waals surface area contributed by atoms with Crippen molar-refractivity contribution in [3.63, 3.8) is 0 Å². The summed E-state index contributed by atoms with van der Waals surface area (Å²) in [4.78, 5) is 54.3. The lowest BCUT2D eigenvalue weighted by molar-refractivity contribution is -0.144. The second-order valence-corrected chi connectivity index (χ2v) is 7.68. The Labute approximate surface area is 185 Å². The summed E-state index contributed by atoms with van der Waals surface area (Å²) in [6.07, 6.45) is 1.17. The molecule has 11 nitrogen and oxygen atoms in total. The van der Waals surface area contributed by atoms with Gasteiger partial charge in [-0.2, -0.15) is 4.98 Å². The first-order chi connectivity index (χ1) is 15.2. The molecule has 3 rings (SSSR count). The fraction of sp³-hybridized carbons (Fsp3) is 0.381. The van der Waals surface area contributed by atoms with Crippen molar-refractivity contribution < 1.29 is 29.1 Å². The van der Waals surface area contributed by atoms with Gasteiger partial charge in [-0.25, -0.2) is 4.98 Å². The third kappa shape index (κ3) is 4.94. The van der Waals surface area contributed by atoms with Crippen LogP contribution in [0.15, 0.2) is 30.7 Å². The largest absolute Gasteiger partial charge is 0.481 e. The first-order valence-corrected chi connectivity index (χ1v) is 9.87. The van der Waals surface area contributed by atoms with E-state index in [0.717, 1.165) is 5.06 Å². The molecule has 1 aromatic heterocycles. The lowest BCUT2D eigenvalue weighted by atomic mass is 10.0. The molecular weight excluding hydrogens is 418 g/mol.